The zero-order valence-corrected chi connectivity index (χ0v) is 6.51. The van der Waals surface area contributed by atoms with Crippen LogP contribution in [0.5, 0.6) is 0 Å². The van der Waals surface area contributed by atoms with Crippen LogP contribution in [0, 0.1) is 0 Å². The Morgan fingerprint density at radius 2 is 2.25 bits per heavy atom. The van der Waals surface area contributed by atoms with Crippen molar-refractivity contribution in [2.75, 3.05) is 0 Å². The minimum absolute atomic E-state index is 0.920. The average molecular weight is 174 g/mol. The van der Waals surface area contributed by atoms with Gasteiger partial charge in [-0.2, -0.15) is 0 Å². The van der Waals surface area contributed by atoms with E-state index in [4.69, 9.17) is 4.75 Å². The van der Waals surface area contributed by atoms with Gasteiger partial charge in [0.2, 0.25) is 0 Å². The summed E-state index contributed by atoms with van der Waals surface area (Å²) in [7, 11) is 0. The Kier molecular flexibility index (Phi) is 1.79. The third-order valence-electron chi connectivity index (χ3n) is 1.04. The molecule has 0 aliphatic carbocycles. The summed E-state index contributed by atoms with van der Waals surface area (Å²) >= 11 is -0.920. The third kappa shape index (κ3) is 1.16. The van der Waals surface area contributed by atoms with Crippen molar-refractivity contribution in [3.05, 3.63) is 23.2 Å². The van der Waals surface area contributed by atoms with Gasteiger partial charge in [-0.25, -0.2) is 0 Å². The Morgan fingerprint density at radius 1 is 1.50 bits per heavy atom. The summed E-state index contributed by atoms with van der Waals surface area (Å²) in [6, 6.07) is 0. The topological polar surface area (TPSA) is 26.0 Å². The molecule has 44 valence electrons. The Labute approximate surface area is 53.5 Å². The molecule has 1 aliphatic heterocycles. The van der Waals surface area contributed by atoms with Crippen molar-refractivity contribution >= 4 is 18.1 Å². The van der Waals surface area contributed by atoms with E-state index in [0.717, 1.165) is 0 Å². The summed E-state index contributed by atoms with van der Waals surface area (Å²) in [6.45, 7) is 2.09. The number of allylic oxidation sites excluding steroid dienone is 3. The fourth-order valence-electron chi connectivity index (χ4n) is 0.507. The van der Waals surface area contributed by atoms with Gasteiger partial charge in [0.1, 0.15) is 0 Å². The van der Waals surface area contributed by atoms with Crippen LogP contribution in [0.1, 0.15) is 6.92 Å². The van der Waals surface area contributed by atoms with E-state index < -0.39 is 13.7 Å². The van der Waals surface area contributed by atoms with Crippen LogP contribution < -0.4 is 4.75 Å². The second-order valence-electron chi connectivity index (χ2n) is 1.67. The second-order valence-corrected chi connectivity index (χ2v) is 5.15. The first-order chi connectivity index (χ1) is 3.80. The average Bonchev–Trinajstić information content (AvgIpc) is 1.77. The first-order valence-electron chi connectivity index (χ1n) is 2.46. The predicted molar refractivity (Wildman–Crippen MR) is 38.9 cm³/mol. The summed E-state index contributed by atoms with van der Waals surface area (Å²) in [5.74, 6) is 0. The minimum atomic E-state index is -0.920. The van der Waals surface area contributed by atoms with Gasteiger partial charge in [-0.15, -0.1) is 0 Å². The van der Waals surface area contributed by atoms with Crippen LogP contribution in [0.4, 0.5) is 0 Å². The summed E-state index contributed by atoms with van der Waals surface area (Å²) in [6.07, 6.45) is 6.14. The van der Waals surface area contributed by atoms with Crippen LogP contribution in [0.25, 0.3) is 0 Å². The first-order valence-corrected chi connectivity index (χ1v) is 5.30. The number of hydrogen-bond donors (Lipinski definition) is 1. The molecule has 0 fully saturated rings. The second kappa shape index (κ2) is 2.40. The Hall–Kier alpha value is -0.171. The standard InChI is InChI=1S/C6H9NSe/c1-6-4-2-3-5-8(6)7/h2-5H,7H2,1H3. The van der Waals surface area contributed by atoms with E-state index in [1.54, 1.807) is 0 Å². The van der Waals surface area contributed by atoms with Crippen LogP contribution >= 0.6 is 0 Å². The summed E-state index contributed by atoms with van der Waals surface area (Å²) in [5, 5.41) is 0. The number of hydrogen-bond acceptors (Lipinski definition) is 1. The molecule has 0 amide bonds. The van der Waals surface area contributed by atoms with E-state index in [1.807, 2.05) is 12.2 Å². The van der Waals surface area contributed by atoms with Crippen molar-refractivity contribution < 1.29 is 0 Å². The molecule has 1 aliphatic rings. The number of rotatable bonds is 0. The van der Waals surface area contributed by atoms with Crippen LogP contribution in [-0.4, -0.2) is 18.1 Å². The van der Waals surface area contributed by atoms with Gasteiger partial charge >= 0.3 is 53.0 Å². The van der Waals surface area contributed by atoms with Crippen molar-refractivity contribution in [1.29, 1.82) is 0 Å². The fourth-order valence-corrected chi connectivity index (χ4v) is 2.00. The van der Waals surface area contributed by atoms with Crippen molar-refractivity contribution in [3.63, 3.8) is 0 Å². The SMILES string of the molecule is CC1=[Se](N)C=CC=C1. The van der Waals surface area contributed by atoms with Gasteiger partial charge in [0.25, 0.3) is 0 Å². The van der Waals surface area contributed by atoms with Gasteiger partial charge in [0.05, 0.1) is 0 Å². The van der Waals surface area contributed by atoms with Gasteiger partial charge in [-0.05, 0) is 0 Å². The maximum absolute atomic E-state index is 5.73. The maximum atomic E-state index is 5.73. The molecule has 8 heavy (non-hydrogen) atoms. The van der Waals surface area contributed by atoms with Gasteiger partial charge in [0, 0.05) is 0 Å². The van der Waals surface area contributed by atoms with E-state index in [9.17, 15) is 0 Å². The van der Waals surface area contributed by atoms with Crippen LogP contribution in [0.3, 0.4) is 0 Å². The van der Waals surface area contributed by atoms with Gasteiger partial charge in [0.15, 0.2) is 0 Å². The number of nitrogens with two attached hydrogens (primary N) is 1. The van der Waals surface area contributed by atoms with E-state index in [1.165, 1.54) is 4.42 Å². The van der Waals surface area contributed by atoms with E-state index in [0.29, 0.717) is 0 Å². The van der Waals surface area contributed by atoms with Crippen molar-refractivity contribution in [1.82, 2.24) is 0 Å². The molecular weight excluding hydrogens is 165 g/mol. The molecule has 2 heteroatoms. The molecule has 1 nitrogen and oxygen atoms in total. The van der Waals surface area contributed by atoms with Crippen LogP contribution in [0.2, 0.25) is 0 Å². The Balaban J connectivity index is 2.97. The van der Waals surface area contributed by atoms with Crippen LogP contribution in [0.15, 0.2) is 23.2 Å². The van der Waals surface area contributed by atoms with Gasteiger partial charge in [-0.3, -0.25) is 0 Å². The normalized spacial score (nSPS) is 26.8. The fraction of sp³-hybridized carbons (Fsp3) is 0.167. The van der Waals surface area contributed by atoms with Crippen LogP contribution in [-0.2, 0) is 0 Å². The third-order valence-corrected chi connectivity index (χ3v) is 3.83. The monoisotopic (exact) mass is 175 g/mol. The molecule has 0 aromatic carbocycles. The Morgan fingerprint density at radius 3 is 2.62 bits per heavy atom. The van der Waals surface area contributed by atoms with Gasteiger partial charge in [-0.1, -0.05) is 0 Å². The van der Waals surface area contributed by atoms with Crippen molar-refractivity contribution in [2.45, 2.75) is 6.92 Å². The Bertz CT molecular complexity index is 157. The predicted octanol–water partition coefficient (Wildman–Crippen LogP) is 0.376. The molecule has 1 heterocycles. The summed E-state index contributed by atoms with van der Waals surface area (Å²) in [5.41, 5.74) is 0. The molecule has 0 spiro atoms. The molecule has 0 radical (unpaired) electrons. The molecular formula is C6H9NSe. The first kappa shape index (κ1) is 5.96. The quantitative estimate of drug-likeness (QED) is 0.528. The zero-order valence-electron chi connectivity index (χ0n) is 4.79. The molecule has 0 saturated carbocycles. The van der Waals surface area contributed by atoms with E-state index in [2.05, 4.69) is 18.0 Å². The molecule has 1 unspecified atom stereocenters. The molecule has 1 atom stereocenters. The van der Waals surface area contributed by atoms with Crippen molar-refractivity contribution in [2.24, 2.45) is 4.75 Å². The molecule has 1 rings (SSSR count). The summed E-state index contributed by atoms with van der Waals surface area (Å²) in [4.78, 5) is 2.11. The molecule has 0 aromatic heterocycles. The van der Waals surface area contributed by atoms with E-state index >= 15 is 0 Å². The van der Waals surface area contributed by atoms with Gasteiger partial charge < -0.3 is 0 Å². The van der Waals surface area contributed by atoms with Crippen molar-refractivity contribution in [3.8, 4) is 0 Å². The molecule has 0 saturated heterocycles. The molecule has 2 N–H and O–H groups in total. The molecule has 0 aromatic rings. The van der Waals surface area contributed by atoms with E-state index in [-0.39, 0.29) is 0 Å². The molecule has 0 bridgehead atoms. The zero-order chi connectivity index (χ0) is 5.98. The summed E-state index contributed by atoms with van der Waals surface area (Å²) < 4.78 is 7.08.